The first kappa shape index (κ1) is 27.3. The molecule has 0 fully saturated rings. The van der Waals surface area contributed by atoms with Gasteiger partial charge in [0.2, 0.25) is 0 Å². The monoisotopic (exact) mass is 492 g/mol. The van der Waals surface area contributed by atoms with Gasteiger partial charge in [0, 0.05) is 16.9 Å². The van der Waals surface area contributed by atoms with E-state index in [1.54, 1.807) is 6.26 Å². The summed E-state index contributed by atoms with van der Waals surface area (Å²) in [6.45, 7) is 12.8. The molecule has 3 N–H and O–H groups in total. The highest BCUT2D eigenvalue weighted by molar-refractivity contribution is 5.66. The van der Waals surface area contributed by atoms with Crippen LogP contribution in [0.4, 0.5) is 11.4 Å². The summed E-state index contributed by atoms with van der Waals surface area (Å²) < 4.78 is 5.79. The lowest BCUT2D eigenvalue weighted by atomic mass is 9.86. The Hall–Kier alpha value is -4.31. The fraction of sp³-hybridized carbons (Fsp3) is 0.182. The molecular formula is C33H36N2O2. The summed E-state index contributed by atoms with van der Waals surface area (Å²) in [5.41, 5.74) is 13.6. The number of benzene rings is 3. The van der Waals surface area contributed by atoms with E-state index in [1.807, 2.05) is 43.2 Å². The number of carbonyl (C=O) groups is 1. The zero-order valence-corrected chi connectivity index (χ0v) is 21.9. The molecule has 1 unspecified atom stereocenters. The molecule has 4 heteroatoms. The van der Waals surface area contributed by atoms with E-state index >= 15 is 0 Å². The molecule has 1 atom stereocenters. The molecular weight excluding hydrogens is 456 g/mol. The molecule has 0 spiro atoms. The highest BCUT2D eigenvalue weighted by atomic mass is 16.5. The van der Waals surface area contributed by atoms with Gasteiger partial charge in [0.25, 0.3) is 0 Å². The van der Waals surface area contributed by atoms with Gasteiger partial charge in [0.15, 0.2) is 0 Å². The summed E-state index contributed by atoms with van der Waals surface area (Å²) in [5, 5.41) is 3.74. The molecule has 1 aliphatic rings. The first-order valence-corrected chi connectivity index (χ1v) is 12.3. The predicted molar refractivity (Wildman–Crippen MR) is 156 cm³/mol. The van der Waals surface area contributed by atoms with E-state index in [1.165, 1.54) is 16.7 Å². The third-order valence-electron chi connectivity index (χ3n) is 6.12. The minimum Gasteiger partial charge on any atom is -0.464 e. The Kier molecular flexibility index (Phi) is 9.28. The lowest BCUT2D eigenvalue weighted by Crippen LogP contribution is -2.15. The Bertz CT molecular complexity index is 1260. The van der Waals surface area contributed by atoms with Crippen LogP contribution in [0.2, 0.25) is 0 Å². The van der Waals surface area contributed by atoms with Crippen molar-refractivity contribution in [2.45, 2.75) is 38.6 Å². The molecule has 0 saturated heterocycles. The van der Waals surface area contributed by atoms with E-state index in [0.717, 1.165) is 34.7 Å². The molecule has 3 aromatic rings. The maximum absolute atomic E-state index is 8.00. The van der Waals surface area contributed by atoms with E-state index < -0.39 is 0 Å². The van der Waals surface area contributed by atoms with Gasteiger partial charge in [-0.3, -0.25) is 0 Å². The average Bonchev–Trinajstić information content (AvgIpc) is 2.88. The van der Waals surface area contributed by atoms with Gasteiger partial charge in [-0.05, 0) is 82.6 Å². The van der Waals surface area contributed by atoms with Crippen LogP contribution < -0.4 is 11.1 Å². The molecule has 0 amide bonds. The number of carbonyl (C=O) groups excluding carboxylic acids is 1. The standard InChI is InChI=1S/C32H34N2O.CH2O/c1-23-7-5-6-20-35-31(21-23)26-12-18-29(19-13-26)34-30(22-24-8-16-28(33)17-9-24)25-10-14-27(15-11-25)32(2,3)4;1-2/h5-21,30,34H,1,22,33H2,2-4H3;1H2/b7-5-,20-6-,31-21-;. The largest absolute Gasteiger partial charge is 0.464 e. The summed E-state index contributed by atoms with van der Waals surface area (Å²) in [4.78, 5) is 8.00. The smallest absolute Gasteiger partial charge is 0.134 e. The van der Waals surface area contributed by atoms with Crippen LogP contribution in [-0.4, -0.2) is 6.79 Å². The van der Waals surface area contributed by atoms with Crippen LogP contribution in [0.3, 0.4) is 0 Å². The predicted octanol–water partition coefficient (Wildman–Crippen LogP) is 7.77. The van der Waals surface area contributed by atoms with Crippen LogP contribution in [0.1, 0.15) is 49.1 Å². The molecule has 0 aliphatic carbocycles. The Morgan fingerprint density at radius 2 is 1.54 bits per heavy atom. The van der Waals surface area contributed by atoms with E-state index in [0.29, 0.717) is 0 Å². The first-order chi connectivity index (χ1) is 17.8. The van der Waals surface area contributed by atoms with Crippen LogP contribution in [0.5, 0.6) is 0 Å². The van der Waals surface area contributed by atoms with Crippen molar-refractivity contribution < 1.29 is 9.53 Å². The second-order valence-corrected chi connectivity index (χ2v) is 9.98. The molecule has 1 aliphatic heterocycles. The van der Waals surface area contributed by atoms with Crippen molar-refractivity contribution in [3.63, 3.8) is 0 Å². The third-order valence-corrected chi connectivity index (χ3v) is 6.12. The third kappa shape index (κ3) is 7.84. The summed E-state index contributed by atoms with van der Waals surface area (Å²) in [6.07, 6.45) is 10.2. The van der Waals surface area contributed by atoms with Gasteiger partial charge >= 0.3 is 0 Å². The SMILES string of the molecule is C=C1/C=C\C=C/O/C(c2ccc(NC(Cc3ccc(N)cc3)c3ccc(C(C)(C)C)cc3)cc2)=C\1.C=O. The van der Waals surface area contributed by atoms with Gasteiger partial charge in [0.05, 0.1) is 12.3 Å². The summed E-state index contributed by atoms with van der Waals surface area (Å²) in [6, 6.07) is 25.5. The van der Waals surface area contributed by atoms with Gasteiger partial charge in [-0.25, -0.2) is 0 Å². The van der Waals surface area contributed by atoms with Crippen molar-refractivity contribution in [2.24, 2.45) is 0 Å². The fourth-order valence-corrected chi connectivity index (χ4v) is 4.03. The minimum absolute atomic E-state index is 0.114. The van der Waals surface area contributed by atoms with E-state index in [-0.39, 0.29) is 11.5 Å². The number of hydrogen-bond donors (Lipinski definition) is 2. The van der Waals surface area contributed by atoms with Gasteiger partial charge in [0.1, 0.15) is 12.5 Å². The summed E-state index contributed by atoms with van der Waals surface area (Å²) >= 11 is 0. The maximum Gasteiger partial charge on any atom is 0.134 e. The number of anilines is 2. The maximum atomic E-state index is 8.00. The van der Waals surface area contributed by atoms with Crippen LogP contribution >= 0.6 is 0 Å². The lowest BCUT2D eigenvalue weighted by molar-refractivity contribution is -0.0979. The highest BCUT2D eigenvalue weighted by Crippen LogP contribution is 2.29. The number of nitrogen functional groups attached to an aromatic ring is 1. The van der Waals surface area contributed by atoms with Gasteiger partial charge < -0.3 is 20.6 Å². The number of rotatable bonds is 6. The first-order valence-electron chi connectivity index (χ1n) is 12.3. The molecule has 0 aromatic heterocycles. The second-order valence-electron chi connectivity index (χ2n) is 9.98. The average molecular weight is 493 g/mol. The Morgan fingerprint density at radius 3 is 2.16 bits per heavy atom. The summed E-state index contributed by atoms with van der Waals surface area (Å²) in [7, 11) is 0. The molecule has 0 radical (unpaired) electrons. The van der Waals surface area contributed by atoms with Crippen LogP contribution in [0.15, 0.2) is 116 Å². The number of ether oxygens (including phenoxy) is 1. The lowest BCUT2D eigenvalue weighted by Gasteiger charge is -2.24. The highest BCUT2D eigenvalue weighted by Gasteiger charge is 2.17. The fourth-order valence-electron chi connectivity index (χ4n) is 4.03. The van der Waals surface area contributed by atoms with Crippen LogP contribution in [0.25, 0.3) is 5.76 Å². The van der Waals surface area contributed by atoms with Crippen LogP contribution in [0, 0.1) is 0 Å². The van der Waals surface area contributed by atoms with Gasteiger partial charge in [-0.2, -0.15) is 0 Å². The molecule has 0 saturated carbocycles. The normalized spacial score (nSPS) is 16.9. The molecule has 1 heterocycles. The molecule has 190 valence electrons. The van der Waals surface area contributed by atoms with Crippen LogP contribution in [-0.2, 0) is 21.4 Å². The summed E-state index contributed by atoms with van der Waals surface area (Å²) in [5.74, 6) is 0.776. The number of nitrogens with two attached hydrogens (primary N) is 1. The van der Waals surface area contributed by atoms with E-state index in [2.05, 4.69) is 93.3 Å². The van der Waals surface area contributed by atoms with Crippen molar-refractivity contribution in [3.8, 4) is 0 Å². The van der Waals surface area contributed by atoms with Crippen molar-refractivity contribution in [2.75, 3.05) is 11.1 Å². The Morgan fingerprint density at radius 1 is 0.892 bits per heavy atom. The molecule has 3 aromatic carbocycles. The van der Waals surface area contributed by atoms with E-state index in [4.69, 9.17) is 15.3 Å². The Labute approximate surface area is 220 Å². The Balaban J connectivity index is 0.00000186. The number of hydrogen-bond acceptors (Lipinski definition) is 4. The zero-order valence-electron chi connectivity index (χ0n) is 21.9. The minimum atomic E-state index is 0.114. The van der Waals surface area contributed by atoms with Crippen molar-refractivity contribution in [1.29, 1.82) is 0 Å². The molecule has 37 heavy (non-hydrogen) atoms. The number of nitrogens with one attached hydrogen (secondary N) is 1. The number of allylic oxidation sites excluding steroid dienone is 5. The topological polar surface area (TPSA) is 64.3 Å². The second kappa shape index (κ2) is 12.6. The molecule has 0 bridgehead atoms. The van der Waals surface area contributed by atoms with Gasteiger partial charge in [-0.1, -0.05) is 75.9 Å². The van der Waals surface area contributed by atoms with Gasteiger partial charge in [-0.15, -0.1) is 0 Å². The van der Waals surface area contributed by atoms with Crippen molar-refractivity contribution in [3.05, 3.63) is 138 Å². The molecule has 4 rings (SSSR count). The quantitative estimate of drug-likeness (QED) is 0.345. The van der Waals surface area contributed by atoms with E-state index in [9.17, 15) is 0 Å². The molecule has 4 nitrogen and oxygen atoms in total. The van der Waals surface area contributed by atoms with Crippen molar-refractivity contribution >= 4 is 23.9 Å². The van der Waals surface area contributed by atoms with Crippen molar-refractivity contribution in [1.82, 2.24) is 0 Å². The zero-order chi connectivity index (χ0) is 26.8.